The van der Waals surface area contributed by atoms with Crippen LogP contribution in [0.5, 0.6) is 0 Å². The Kier molecular flexibility index (Phi) is 5.16. The van der Waals surface area contributed by atoms with Gasteiger partial charge < -0.3 is 10.2 Å². The molecule has 0 spiro atoms. The average molecular weight is 274 g/mol. The number of nitrogens with one attached hydrogen (secondary N) is 1. The fourth-order valence-corrected chi connectivity index (χ4v) is 2.50. The minimum absolute atomic E-state index is 0.0139. The smallest absolute Gasteiger partial charge is 0.224 e. The zero-order valence-electron chi connectivity index (χ0n) is 12.0. The number of rotatable bonds is 5. The van der Waals surface area contributed by atoms with Gasteiger partial charge in [0.15, 0.2) is 0 Å². The molecular weight excluding hydrogens is 252 g/mol. The lowest BCUT2D eigenvalue weighted by Gasteiger charge is -2.26. The third kappa shape index (κ3) is 4.37. The summed E-state index contributed by atoms with van der Waals surface area (Å²) in [5, 5.41) is 2.89. The molecular formula is C16H22N2O2. The highest BCUT2D eigenvalue weighted by Gasteiger charge is 2.17. The maximum absolute atomic E-state index is 11.8. The van der Waals surface area contributed by atoms with Gasteiger partial charge in [-0.1, -0.05) is 29.8 Å². The van der Waals surface area contributed by atoms with Crippen molar-refractivity contribution in [2.45, 2.75) is 32.6 Å². The molecule has 0 bridgehead atoms. The van der Waals surface area contributed by atoms with E-state index in [4.69, 9.17) is 0 Å². The number of amides is 2. The predicted octanol–water partition coefficient (Wildman–Crippen LogP) is 1.67. The van der Waals surface area contributed by atoms with Crippen LogP contribution in [0.2, 0.25) is 0 Å². The maximum atomic E-state index is 11.8. The minimum atomic E-state index is 0.0139. The Labute approximate surface area is 120 Å². The van der Waals surface area contributed by atoms with Crippen molar-refractivity contribution in [3.63, 3.8) is 0 Å². The monoisotopic (exact) mass is 274 g/mol. The average Bonchev–Trinajstić information content (AvgIpc) is 2.41. The van der Waals surface area contributed by atoms with E-state index in [1.807, 2.05) is 36.1 Å². The van der Waals surface area contributed by atoms with Crippen molar-refractivity contribution in [2.24, 2.45) is 0 Å². The molecule has 1 saturated heterocycles. The van der Waals surface area contributed by atoms with Crippen molar-refractivity contribution in [3.8, 4) is 0 Å². The van der Waals surface area contributed by atoms with Gasteiger partial charge in [0.1, 0.15) is 0 Å². The van der Waals surface area contributed by atoms with Crippen LogP contribution in [-0.2, 0) is 16.0 Å². The number of piperidine rings is 1. The molecule has 108 valence electrons. The Morgan fingerprint density at radius 1 is 1.35 bits per heavy atom. The van der Waals surface area contributed by atoms with Crippen molar-refractivity contribution >= 4 is 11.8 Å². The maximum Gasteiger partial charge on any atom is 0.224 e. The van der Waals surface area contributed by atoms with Gasteiger partial charge in [0.25, 0.3) is 0 Å². The summed E-state index contributed by atoms with van der Waals surface area (Å²) in [5.74, 6) is 0.226. The molecule has 4 nitrogen and oxygen atoms in total. The molecule has 1 aromatic carbocycles. The van der Waals surface area contributed by atoms with Gasteiger partial charge in [-0.15, -0.1) is 0 Å². The summed E-state index contributed by atoms with van der Waals surface area (Å²) < 4.78 is 0. The molecule has 0 aromatic heterocycles. The second-order valence-electron chi connectivity index (χ2n) is 5.35. The molecule has 0 unspecified atom stereocenters. The summed E-state index contributed by atoms with van der Waals surface area (Å²) in [4.78, 5) is 25.3. The topological polar surface area (TPSA) is 49.4 Å². The summed E-state index contributed by atoms with van der Waals surface area (Å²) in [5.41, 5.74) is 2.19. The van der Waals surface area contributed by atoms with Crippen LogP contribution in [0.15, 0.2) is 24.3 Å². The summed E-state index contributed by atoms with van der Waals surface area (Å²) in [7, 11) is 0. The molecule has 4 heteroatoms. The van der Waals surface area contributed by atoms with Crippen LogP contribution in [0.1, 0.15) is 30.4 Å². The van der Waals surface area contributed by atoms with Crippen LogP contribution in [0, 0.1) is 6.92 Å². The Hall–Kier alpha value is -1.84. The van der Waals surface area contributed by atoms with Crippen molar-refractivity contribution < 1.29 is 9.59 Å². The highest BCUT2D eigenvalue weighted by molar-refractivity contribution is 5.79. The standard InChI is InChI=1S/C16H22N2O2/c1-13-5-4-6-14(11-13)12-15(19)17-8-10-18-9-3-2-7-16(18)20/h4-6,11H,2-3,7-10,12H2,1H3,(H,17,19). The Morgan fingerprint density at radius 3 is 2.95 bits per heavy atom. The first-order valence-corrected chi connectivity index (χ1v) is 7.25. The van der Waals surface area contributed by atoms with E-state index in [9.17, 15) is 9.59 Å². The molecule has 1 fully saturated rings. The molecule has 2 rings (SSSR count). The van der Waals surface area contributed by atoms with Gasteiger partial charge in [-0.2, -0.15) is 0 Å². The van der Waals surface area contributed by atoms with Gasteiger partial charge in [-0.05, 0) is 25.3 Å². The molecule has 0 aliphatic carbocycles. The fraction of sp³-hybridized carbons (Fsp3) is 0.500. The predicted molar refractivity (Wildman–Crippen MR) is 78.3 cm³/mol. The summed E-state index contributed by atoms with van der Waals surface area (Å²) in [6.45, 7) is 4.00. The number of nitrogens with zero attached hydrogens (tertiary/aromatic N) is 1. The van der Waals surface area contributed by atoms with Crippen molar-refractivity contribution in [3.05, 3.63) is 35.4 Å². The molecule has 1 aromatic rings. The molecule has 1 aliphatic heterocycles. The van der Waals surface area contributed by atoms with E-state index in [-0.39, 0.29) is 11.8 Å². The third-order valence-electron chi connectivity index (χ3n) is 3.57. The highest BCUT2D eigenvalue weighted by Crippen LogP contribution is 2.09. The van der Waals surface area contributed by atoms with Gasteiger partial charge in [-0.3, -0.25) is 9.59 Å². The van der Waals surface area contributed by atoms with Crippen molar-refractivity contribution in [1.29, 1.82) is 0 Å². The number of aryl methyl sites for hydroxylation is 1. The number of benzene rings is 1. The Morgan fingerprint density at radius 2 is 2.20 bits per heavy atom. The molecule has 1 heterocycles. The van der Waals surface area contributed by atoms with Crippen LogP contribution in [0.4, 0.5) is 0 Å². The first-order chi connectivity index (χ1) is 9.65. The Balaban J connectivity index is 1.71. The number of likely N-dealkylation sites (tertiary alicyclic amines) is 1. The van der Waals surface area contributed by atoms with Gasteiger partial charge in [0.2, 0.25) is 11.8 Å². The lowest BCUT2D eigenvalue weighted by Crippen LogP contribution is -2.41. The van der Waals surface area contributed by atoms with E-state index in [2.05, 4.69) is 5.32 Å². The van der Waals surface area contributed by atoms with Crippen molar-refractivity contribution in [2.75, 3.05) is 19.6 Å². The zero-order valence-corrected chi connectivity index (χ0v) is 12.0. The van der Waals surface area contributed by atoms with Crippen LogP contribution in [0.3, 0.4) is 0 Å². The number of carbonyl (C=O) groups is 2. The summed E-state index contributed by atoms with van der Waals surface area (Å²) in [6, 6.07) is 7.96. The lowest BCUT2D eigenvalue weighted by atomic mass is 10.1. The molecule has 1 aliphatic rings. The summed E-state index contributed by atoms with van der Waals surface area (Å²) >= 11 is 0. The lowest BCUT2D eigenvalue weighted by molar-refractivity contribution is -0.133. The second kappa shape index (κ2) is 7.08. The number of hydrogen-bond acceptors (Lipinski definition) is 2. The van der Waals surface area contributed by atoms with Gasteiger partial charge >= 0.3 is 0 Å². The van der Waals surface area contributed by atoms with Crippen LogP contribution >= 0.6 is 0 Å². The van der Waals surface area contributed by atoms with E-state index < -0.39 is 0 Å². The first-order valence-electron chi connectivity index (χ1n) is 7.25. The van der Waals surface area contributed by atoms with E-state index in [1.54, 1.807) is 0 Å². The van der Waals surface area contributed by atoms with E-state index in [1.165, 1.54) is 0 Å². The minimum Gasteiger partial charge on any atom is -0.354 e. The largest absolute Gasteiger partial charge is 0.354 e. The van der Waals surface area contributed by atoms with E-state index in [0.717, 1.165) is 30.5 Å². The first kappa shape index (κ1) is 14.6. The second-order valence-corrected chi connectivity index (χ2v) is 5.35. The molecule has 2 amide bonds. The van der Waals surface area contributed by atoms with Gasteiger partial charge in [0, 0.05) is 26.1 Å². The van der Waals surface area contributed by atoms with Gasteiger partial charge in [0.05, 0.1) is 6.42 Å². The number of hydrogen-bond donors (Lipinski definition) is 1. The summed E-state index contributed by atoms with van der Waals surface area (Å²) in [6.07, 6.45) is 3.12. The normalized spacial score (nSPS) is 15.2. The molecule has 1 N–H and O–H groups in total. The fourth-order valence-electron chi connectivity index (χ4n) is 2.50. The van der Waals surface area contributed by atoms with Crippen LogP contribution in [-0.4, -0.2) is 36.3 Å². The molecule has 0 saturated carbocycles. The van der Waals surface area contributed by atoms with Crippen LogP contribution in [0.25, 0.3) is 0 Å². The molecule has 0 radical (unpaired) electrons. The SMILES string of the molecule is Cc1cccc(CC(=O)NCCN2CCCCC2=O)c1. The number of carbonyl (C=O) groups excluding carboxylic acids is 2. The van der Waals surface area contributed by atoms with Crippen molar-refractivity contribution in [1.82, 2.24) is 10.2 Å². The van der Waals surface area contributed by atoms with E-state index >= 15 is 0 Å². The third-order valence-corrected chi connectivity index (χ3v) is 3.57. The quantitative estimate of drug-likeness (QED) is 0.888. The highest BCUT2D eigenvalue weighted by atomic mass is 16.2. The van der Waals surface area contributed by atoms with Crippen LogP contribution < -0.4 is 5.32 Å². The molecule has 0 atom stereocenters. The van der Waals surface area contributed by atoms with Gasteiger partial charge in [-0.25, -0.2) is 0 Å². The Bertz CT molecular complexity index is 485. The zero-order chi connectivity index (χ0) is 14.4. The van der Waals surface area contributed by atoms with E-state index in [0.29, 0.717) is 25.9 Å². The molecule has 20 heavy (non-hydrogen) atoms.